The molecule has 1 atom stereocenters. The van der Waals surface area contributed by atoms with Crippen molar-refractivity contribution in [3.8, 4) is 17.6 Å². The number of para-hydroxylation sites is 1. The molecule has 1 aromatic carbocycles. The fourth-order valence-electron chi connectivity index (χ4n) is 1.92. The van der Waals surface area contributed by atoms with Gasteiger partial charge in [0.05, 0.1) is 20.3 Å². The van der Waals surface area contributed by atoms with Gasteiger partial charge in [-0.3, -0.25) is 4.79 Å². The predicted octanol–water partition coefficient (Wildman–Crippen LogP) is 3.38. The highest BCUT2D eigenvalue weighted by molar-refractivity contribution is 5.89. The number of benzene rings is 1. The number of hydrogen-bond acceptors (Lipinski definition) is 4. The molecule has 0 aliphatic rings. The summed E-state index contributed by atoms with van der Waals surface area (Å²) in [4.78, 5) is 12.2. The van der Waals surface area contributed by atoms with E-state index in [2.05, 4.69) is 11.4 Å². The number of nitrogens with one attached hydrogen (secondary N) is 1. The van der Waals surface area contributed by atoms with Crippen molar-refractivity contribution in [1.29, 1.82) is 5.26 Å². The van der Waals surface area contributed by atoms with Crippen molar-refractivity contribution in [3.63, 3.8) is 0 Å². The number of rotatable bonds is 5. The van der Waals surface area contributed by atoms with E-state index in [-0.39, 0.29) is 11.3 Å². The van der Waals surface area contributed by atoms with E-state index in [1.807, 2.05) is 27.7 Å². The van der Waals surface area contributed by atoms with Crippen LogP contribution in [0.25, 0.3) is 0 Å². The molecule has 0 aliphatic carbocycles. The Morgan fingerprint density at radius 2 is 1.96 bits per heavy atom. The SMILES string of the molecule is COc1cccc(C(C#N)NC(=O)/C=C(\C)C(C)(C)C)c1OC. The molecule has 124 valence electrons. The van der Waals surface area contributed by atoms with Gasteiger partial charge in [-0.25, -0.2) is 0 Å². The maximum Gasteiger partial charge on any atom is 0.245 e. The number of carbonyl (C=O) groups is 1. The van der Waals surface area contributed by atoms with E-state index in [0.29, 0.717) is 17.1 Å². The number of allylic oxidation sites excluding steroid dienone is 1. The lowest BCUT2D eigenvalue weighted by molar-refractivity contribution is -0.117. The summed E-state index contributed by atoms with van der Waals surface area (Å²) in [6.07, 6.45) is 1.52. The molecule has 0 heterocycles. The highest BCUT2D eigenvalue weighted by Crippen LogP contribution is 2.34. The van der Waals surface area contributed by atoms with Crippen molar-refractivity contribution < 1.29 is 14.3 Å². The Labute approximate surface area is 137 Å². The number of carbonyl (C=O) groups excluding carboxylic acids is 1. The van der Waals surface area contributed by atoms with Crippen LogP contribution in [0.2, 0.25) is 0 Å². The van der Waals surface area contributed by atoms with Crippen LogP contribution in [0.5, 0.6) is 11.5 Å². The fourth-order valence-corrected chi connectivity index (χ4v) is 1.92. The first kappa shape index (κ1) is 18.6. The summed E-state index contributed by atoms with van der Waals surface area (Å²) in [7, 11) is 3.03. The van der Waals surface area contributed by atoms with Gasteiger partial charge < -0.3 is 14.8 Å². The van der Waals surface area contributed by atoms with E-state index < -0.39 is 6.04 Å². The van der Waals surface area contributed by atoms with Crippen molar-refractivity contribution in [2.24, 2.45) is 5.41 Å². The highest BCUT2D eigenvalue weighted by atomic mass is 16.5. The fraction of sp³-hybridized carbons (Fsp3) is 0.444. The lowest BCUT2D eigenvalue weighted by Gasteiger charge is -2.20. The van der Waals surface area contributed by atoms with Gasteiger partial charge in [-0.1, -0.05) is 38.5 Å². The summed E-state index contributed by atoms with van der Waals surface area (Å²) in [5.41, 5.74) is 1.39. The molecule has 0 aliphatic heterocycles. The number of amides is 1. The minimum Gasteiger partial charge on any atom is -0.493 e. The monoisotopic (exact) mass is 316 g/mol. The van der Waals surface area contributed by atoms with Gasteiger partial charge in [-0.05, 0) is 18.4 Å². The lowest BCUT2D eigenvalue weighted by Crippen LogP contribution is -2.27. The first-order valence-electron chi connectivity index (χ1n) is 7.34. The summed E-state index contributed by atoms with van der Waals surface area (Å²) >= 11 is 0. The van der Waals surface area contributed by atoms with Gasteiger partial charge in [0.1, 0.15) is 6.04 Å². The molecule has 0 fully saturated rings. The predicted molar refractivity (Wildman–Crippen MR) is 89.3 cm³/mol. The third kappa shape index (κ3) is 4.75. The van der Waals surface area contributed by atoms with Crippen molar-refractivity contribution in [3.05, 3.63) is 35.4 Å². The number of nitriles is 1. The molecule has 5 nitrogen and oxygen atoms in total. The van der Waals surface area contributed by atoms with Gasteiger partial charge >= 0.3 is 0 Å². The molecule has 1 rings (SSSR count). The minimum atomic E-state index is -0.823. The van der Waals surface area contributed by atoms with Crippen molar-refractivity contribution in [1.82, 2.24) is 5.32 Å². The Morgan fingerprint density at radius 3 is 2.43 bits per heavy atom. The quantitative estimate of drug-likeness (QED) is 0.845. The van der Waals surface area contributed by atoms with E-state index in [9.17, 15) is 10.1 Å². The maximum absolute atomic E-state index is 12.2. The zero-order valence-electron chi connectivity index (χ0n) is 14.6. The van der Waals surface area contributed by atoms with Gasteiger partial charge in [0.15, 0.2) is 11.5 Å². The summed E-state index contributed by atoms with van der Waals surface area (Å²) in [6.45, 7) is 7.98. The average Bonchev–Trinajstić information content (AvgIpc) is 2.50. The van der Waals surface area contributed by atoms with E-state index in [0.717, 1.165) is 5.57 Å². The Hall–Kier alpha value is -2.48. The first-order valence-corrected chi connectivity index (χ1v) is 7.34. The third-order valence-electron chi connectivity index (χ3n) is 3.69. The minimum absolute atomic E-state index is 0.104. The molecular formula is C18H24N2O3. The second-order valence-electron chi connectivity index (χ2n) is 6.23. The molecule has 1 amide bonds. The van der Waals surface area contributed by atoms with Crippen LogP contribution in [0.1, 0.15) is 39.3 Å². The van der Waals surface area contributed by atoms with Crippen LogP contribution in [0.15, 0.2) is 29.8 Å². The number of methoxy groups -OCH3 is 2. The van der Waals surface area contributed by atoms with E-state index in [4.69, 9.17) is 9.47 Å². The van der Waals surface area contributed by atoms with Crippen LogP contribution in [0.3, 0.4) is 0 Å². The molecule has 0 bridgehead atoms. The summed E-state index contributed by atoms with van der Waals surface area (Å²) < 4.78 is 10.6. The lowest BCUT2D eigenvalue weighted by atomic mass is 9.87. The summed E-state index contributed by atoms with van der Waals surface area (Å²) in [5, 5.41) is 12.1. The van der Waals surface area contributed by atoms with Crippen LogP contribution >= 0.6 is 0 Å². The second kappa shape index (κ2) is 7.68. The molecule has 0 saturated heterocycles. The van der Waals surface area contributed by atoms with Gasteiger partial charge in [-0.2, -0.15) is 5.26 Å². The zero-order chi connectivity index (χ0) is 17.6. The second-order valence-corrected chi connectivity index (χ2v) is 6.23. The number of hydrogen-bond donors (Lipinski definition) is 1. The van der Waals surface area contributed by atoms with Crippen LogP contribution in [-0.2, 0) is 4.79 Å². The van der Waals surface area contributed by atoms with Crippen LogP contribution in [0.4, 0.5) is 0 Å². The maximum atomic E-state index is 12.2. The largest absolute Gasteiger partial charge is 0.493 e. The third-order valence-corrected chi connectivity index (χ3v) is 3.69. The van der Waals surface area contributed by atoms with E-state index in [1.54, 1.807) is 18.2 Å². The molecule has 0 radical (unpaired) electrons. The Balaban J connectivity index is 3.08. The zero-order valence-corrected chi connectivity index (χ0v) is 14.6. The Bertz CT molecular complexity index is 637. The smallest absolute Gasteiger partial charge is 0.245 e. The highest BCUT2D eigenvalue weighted by Gasteiger charge is 2.21. The van der Waals surface area contributed by atoms with Crippen LogP contribution in [-0.4, -0.2) is 20.1 Å². The first-order chi connectivity index (χ1) is 10.7. The average molecular weight is 316 g/mol. The standard InChI is InChI=1S/C18H24N2O3/c1-12(18(2,3)4)10-16(21)20-14(11-19)13-8-7-9-15(22-5)17(13)23-6/h7-10,14H,1-6H3,(H,20,21)/b12-10+. The Morgan fingerprint density at radius 1 is 1.30 bits per heavy atom. The van der Waals surface area contributed by atoms with Gasteiger partial charge in [0.2, 0.25) is 5.91 Å². The van der Waals surface area contributed by atoms with E-state index >= 15 is 0 Å². The molecule has 1 aromatic rings. The van der Waals surface area contributed by atoms with Gasteiger partial charge in [0, 0.05) is 11.6 Å². The molecule has 5 heteroatoms. The van der Waals surface area contributed by atoms with Crippen molar-refractivity contribution in [2.75, 3.05) is 14.2 Å². The normalized spacial score (nSPS) is 13.0. The molecule has 1 N–H and O–H groups in total. The van der Waals surface area contributed by atoms with Gasteiger partial charge in [-0.15, -0.1) is 0 Å². The van der Waals surface area contributed by atoms with Crippen LogP contribution in [0, 0.1) is 16.7 Å². The molecule has 0 saturated carbocycles. The van der Waals surface area contributed by atoms with Gasteiger partial charge in [0.25, 0.3) is 0 Å². The molecular weight excluding hydrogens is 292 g/mol. The number of nitrogens with zero attached hydrogens (tertiary/aromatic N) is 1. The van der Waals surface area contributed by atoms with Crippen LogP contribution < -0.4 is 14.8 Å². The summed E-state index contributed by atoms with van der Waals surface area (Å²) in [5.74, 6) is 0.646. The molecule has 0 aromatic heterocycles. The van der Waals surface area contributed by atoms with E-state index in [1.165, 1.54) is 20.3 Å². The van der Waals surface area contributed by atoms with Crippen molar-refractivity contribution in [2.45, 2.75) is 33.7 Å². The Kier molecular flexibility index (Phi) is 6.20. The number of ether oxygens (including phenoxy) is 2. The molecule has 0 spiro atoms. The topological polar surface area (TPSA) is 71.3 Å². The summed E-state index contributed by atoms with van der Waals surface area (Å²) in [6, 6.07) is 6.49. The van der Waals surface area contributed by atoms with Crippen molar-refractivity contribution >= 4 is 5.91 Å². The molecule has 1 unspecified atom stereocenters. The molecule has 23 heavy (non-hydrogen) atoms.